The van der Waals surface area contributed by atoms with E-state index in [2.05, 4.69) is 41.3 Å². The van der Waals surface area contributed by atoms with Crippen LogP contribution in [0.25, 0.3) is 0 Å². The molecule has 25 heavy (non-hydrogen) atoms. The molecule has 5 heteroatoms. The molecular weight excluding hydrogens is 332 g/mol. The quantitative estimate of drug-likeness (QED) is 0.777. The van der Waals surface area contributed by atoms with Crippen LogP contribution in [0.3, 0.4) is 0 Å². The van der Waals surface area contributed by atoms with Crippen molar-refractivity contribution in [3.05, 3.63) is 59.7 Å². The van der Waals surface area contributed by atoms with Crippen LogP contribution in [-0.4, -0.2) is 36.6 Å². The minimum atomic E-state index is 0.755. The van der Waals surface area contributed by atoms with E-state index in [0.29, 0.717) is 0 Å². The first-order valence-corrected chi connectivity index (χ1v) is 9.45. The number of hydrogen-bond acceptors (Lipinski definition) is 5. The second-order valence-corrected chi connectivity index (χ2v) is 6.96. The normalized spacial score (nSPS) is 13.9. The van der Waals surface area contributed by atoms with Gasteiger partial charge in [0.25, 0.3) is 0 Å². The molecule has 3 rings (SSSR count). The SMILES string of the molecule is COc1ccc(CN(Cc2ccccc2)C2=NCCCS2)cc1OC. The van der Waals surface area contributed by atoms with Gasteiger partial charge in [0.2, 0.25) is 0 Å². The van der Waals surface area contributed by atoms with Crippen LogP contribution in [0, 0.1) is 0 Å². The largest absolute Gasteiger partial charge is 0.493 e. The lowest BCUT2D eigenvalue weighted by molar-refractivity contribution is 0.352. The fourth-order valence-electron chi connectivity index (χ4n) is 2.83. The number of amidine groups is 1. The van der Waals surface area contributed by atoms with Crippen LogP contribution in [-0.2, 0) is 13.1 Å². The van der Waals surface area contributed by atoms with Crippen molar-refractivity contribution in [2.75, 3.05) is 26.5 Å². The van der Waals surface area contributed by atoms with Crippen LogP contribution in [0.1, 0.15) is 17.5 Å². The zero-order valence-corrected chi connectivity index (χ0v) is 15.6. The molecule has 1 aliphatic heterocycles. The van der Waals surface area contributed by atoms with Gasteiger partial charge in [0.15, 0.2) is 16.7 Å². The van der Waals surface area contributed by atoms with E-state index in [1.54, 1.807) is 14.2 Å². The molecule has 0 unspecified atom stereocenters. The lowest BCUT2D eigenvalue weighted by Gasteiger charge is -2.28. The highest BCUT2D eigenvalue weighted by Crippen LogP contribution is 2.29. The van der Waals surface area contributed by atoms with Gasteiger partial charge in [-0.3, -0.25) is 4.99 Å². The Morgan fingerprint density at radius 3 is 2.40 bits per heavy atom. The van der Waals surface area contributed by atoms with E-state index >= 15 is 0 Å². The number of aliphatic imine (C=N–C) groups is 1. The zero-order valence-electron chi connectivity index (χ0n) is 14.8. The number of thioether (sulfide) groups is 1. The lowest BCUT2D eigenvalue weighted by Crippen LogP contribution is -2.30. The Morgan fingerprint density at radius 2 is 1.72 bits per heavy atom. The van der Waals surface area contributed by atoms with Crippen LogP contribution < -0.4 is 9.47 Å². The van der Waals surface area contributed by atoms with E-state index in [0.717, 1.165) is 48.5 Å². The molecule has 0 spiro atoms. The summed E-state index contributed by atoms with van der Waals surface area (Å²) in [5, 5.41) is 1.13. The average molecular weight is 356 g/mol. The van der Waals surface area contributed by atoms with Crippen molar-refractivity contribution in [2.45, 2.75) is 19.5 Å². The van der Waals surface area contributed by atoms with Crippen molar-refractivity contribution in [3.63, 3.8) is 0 Å². The summed E-state index contributed by atoms with van der Waals surface area (Å²) >= 11 is 1.85. The molecule has 0 amide bonds. The minimum absolute atomic E-state index is 0.755. The first kappa shape index (κ1) is 17.7. The summed E-state index contributed by atoms with van der Waals surface area (Å²) in [4.78, 5) is 7.10. The van der Waals surface area contributed by atoms with Gasteiger partial charge in [-0.2, -0.15) is 0 Å². The van der Waals surface area contributed by atoms with Gasteiger partial charge in [-0.25, -0.2) is 0 Å². The van der Waals surface area contributed by atoms with E-state index in [4.69, 9.17) is 14.5 Å². The van der Waals surface area contributed by atoms with Gasteiger partial charge in [-0.1, -0.05) is 48.2 Å². The standard InChI is InChI=1S/C20H24N2O2S/c1-23-18-10-9-17(13-19(18)24-2)15-22(20-21-11-6-12-25-20)14-16-7-4-3-5-8-16/h3-5,7-10,13H,6,11-12,14-15H2,1-2H3. The van der Waals surface area contributed by atoms with Crippen molar-refractivity contribution in [3.8, 4) is 11.5 Å². The summed E-state index contributed by atoms with van der Waals surface area (Å²) in [6.07, 6.45) is 1.16. The average Bonchev–Trinajstić information content (AvgIpc) is 2.69. The van der Waals surface area contributed by atoms with Crippen LogP contribution in [0.15, 0.2) is 53.5 Å². The molecule has 0 N–H and O–H groups in total. The molecular formula is C20H24N2O2S. The molecule has 2 aromatic rings. The number of hydrogen-bond donors (Lipinski definition) is 0. The maximum atomic E-state index is 5.44. The molecule has 0 bridgehead atoms. The number of methoxy groups -OCH3 is 2. The molecule has 2 aromatic carbocycles. The zero-order chi connectivity index (χ0) is 17.5. The Balaban J connectivity index is 1.83. The van der Waals surface area contributed by atoms with Crippen molar-refractivity contribution in [1.29, 1.82) is 0 Å². The summed E-state index contributed by atoms with van der Waals surface area (Å²) in [6.45, 7) is 2.56. The molecule has 0 aromatic heterocycles. The molecule has 0 saturated heterocycles. The van der Waals surface area contributed by atoms with Crippen LogP contribution >= 0.6 is 11.8 Å². The summed E-state index contributed by atoms with van der Waals surface area (Å²) in [5.41, 5.74) is 2.47. The summed E-state index contributed by atoms with van der Waals surface area (Å²) in [7, 11) is 3.33. The Labute approximate surface area is 153 Å². The molecule has 1 aliphatic rings. The molecule has 1 heterocycles. The first-order chi connectivity index (χ1) is 12.3. The van der Waals surface area contributed by atoms with Gasteiger partial charge >= 0.3 is 0 Å². The Bertz CT molecular complexity index is 719. The molecule has 132 valence electrons. The highest BCUT2D eigenvalue weighted by molar-refractivity contribution is 8.13. The van der Waals surface area contributed by atoms with Crippen molar-refractivity contribution in [1.82, 2.24) is 4.90 Å². The molecule has 0 radical (unpaired) electrons. The first-order valence-electron chi connectivity index (χ1n) is 8.47. The number of rotatable bonds is 6. The van der Waals surface area contributed by atoms with Gasteiger partial charge in [0, 0.05) is 25.4 Å². The number of benzene rings is 2. The molecule has 0 aliphatic carbocycles. The molecule has 0 fully saturated rings. The number of nitrogens with zero attached hydrogens (tertiary/aromatic N) is 2. The Hall–Kier alpha value is -2.14. The third-order valence-electron chi connectivity index (χ3n) is 4.09. The smallest absolute Gasteiger partial charge is 0.161 e. The fraction of sp³-hybridized carbons (Fsp3) is 0.350. The van der Waals surface area contributed by atoms with E-state index in [9.17, 15) is 0 Å². The van der Waals surface area contributed by atoms with Gasteiger partial charge in [-0.05, 0) is 29.7 Å². The maximum absolute atomic E-state index is 5.44. The Morgan fingerprint density at radius 1 is 0.960 bits per heavy atom. The van der Waals surface area contributed by atoms with Gasteiger partial charge in [0.1, 0.15) is 0 Å². The third kappa shape index (κ3) is 4.69. The van der Waals surface area contributed by atoms with E-state index in [1.165, 1.54) is 11.1 Å². The second kappa shape index (κ2) is 8.81. The van der Waals surface area contributed by atoms with E-state index < -0.39 is 0 Å². The van der Waals surface area contributed by atoms with Crippen LogP contribution in [0.5, 0.6) is 11.5 Å². The summed E-state index contributed by atoms with van der Waals surface area (Å²) in [5.74, 6) is 2.65. The fourth-order valence-corrected chi connectivity index (χ4v) is 3.78. The second-order valence-electron chi connectivity index (χ2n) is 5.90. The maximum Gasteiger partial charge on any atom is 0.161 e. The van der Waals surface area contributed by atoms with Gasteiger partial charge < -0.3 is 14.4 Å². The summed E-state index contributed by atoms with van der Waals surface area (Å²) < 4.78 is 10.8. The Kier molecular flexibility index (Phi) is 6.23. The van der Waals surface area contributed by atoms with Crippen LogP contribution in [0.2, 0.25) is 0 Å². The predicted molar refractivity (Wildman–Crippen MR) is 105 cm³/mol. The molecule has 4 nitrogen and oxygen atoms in total. The van der Waals surface area contributed by atoms with Gasteiger partial charge in [-0.15, -0.1) is 0 Å². The number of ether oxygens (including phenoxy) is 2. The molecule has 0 saturated carbocycles. The lowest BCUT2D eigenvalue weighted by atomic mass is 10.1. The van der Waals surface area contributed by atoms with Gasteiger partial charge in [0.05, 0.1) is 14.2 Å². The van der Waals surface area contributed by atoms with Crippen molar-refractivity contribution >= 4 is 16.9 Å². The topological polar surface area (TPSA) is 34.1 Å². The van der Waals surface area contributed by atoms with Crippen molar-refractivity contribution in [2.24, 2.45) is 4.99 Å². The predicted octanol–water partition coefficient (Wildman–Crippen LogP) is 4.20. The van der Waals surface area contributed by atoms with Crippen molar-refractivity contribution < 1.29 is 9.47 Å². The van der Waals surface area contributed by atoms with E-state index in [1.807, 2.05) is 23.9 Å². The van der Waals surface area contributed by atoms with E-state index in [-0.39, 0.29) is 0 Å². The third-order valence-corrected chi connectivity index (χ3v) is 5.23. The molecule has 0 atom stereocenters. The minimum Gasteiger partial charge on any atom is -0.493 e. The highest BCUT2D eigenvalue weighted by Gasteiger charge is 2.17. The monoisotopic (exact) mass is 356 g/mol. The van der Waals surface area contributed by atoms with Crippen LogP contribution in [0.4, 0.5) is 0 Å². The highest BCUT2D eigenvalue weighted by atomic mass is 32.2. The summed E-state index contributed by atoms with van der Waals surface area (Å²) in [6, 6.07) is 16.6.